The van der Waals surface area contributed by atoms with E-state index in [4.69, 9.17) is 18.7 Å². The quantitative estimate of drug-likeness (QED) is 0.282. The van der Waals surface area contributed by atoms with Crippen LogP contribution in [-0.4, -0.2) is 57.0 Å². The van der Waals surface area contributed by atoms with E-state index < -0.39 is 44.5 Å². The lowest BCUT2D eigenvalue weighted by atomic mass is 10.1. The van der Waals surface area contributed by atoms with Gasteiger partial charge >= 0.3 is 6.03 Å². The Bertz CT molecular complexity index is 1560. The molecule has 2 aliphatic rings. The first kappa shape index (κ1) is 27.5. The van der Waals surface area contributed by atoms with Crippen LogP contribution < -0.4 is 15.5 Å². The van der Waals surface area contributed by atoms with Crippen LogP contribution in [0.1, 0.15) is 30.6 Å². The number of hydrogen-bond donors (Lipinski definition) is 2. The van der Waals surface area contributed by atoms with E-state index in [2.05, 4.69) is 25.6 Å². The molecule has 0 spiro atoms. The van der Waals surface area contributed by atoms with Crippen molar-refractivity contribution in [3.05, 3.63) is 84.4 Å². The van der Waals surface area contributed by atoms with Crippen LogP contribution in [0.4, 0.5) is 10.6 Å². The van der Waals surface area contributed by atoms with Crippen LogP contribution in [0.25, 0.3) is 11.2 Å². The fraction of sp³-hybridized carbons (Fsp3) is 0.333. The summed E-state index contributed by atoms with van der Waals surface area (Å²) < 4.78 is 38.8. The van der Waals surface area contributed by atoms with Gasteiger partial charge in [-0.2, -0.15) is 0 Å². The molecule has 0 radical (unpaired) electrons. The van der Waals surface area contributed by atoms with Crippen LogP contribution in [0.2, 0.25) is 0 Å². The molecule has 41 heavy (non-hydrogen) atoms. The molecular weight excluding hydrogens is 551 g/mol. The largest absolute Gasteiger partial charge is 0.778 e. The number of urea groups is 1. The third-order valence-electron chi connectivity index (χ3n) is 6.78. The van der Waals surface area contributed by atoms with Gasteiger partial charge in [-0.15, -0.1) is 0 Å². The van der Waals surface area contributed by atoms with Crippen molar-refractivity contribution in [1.29, 1.82) is 0 Å². The Balaban J connectivity index is 1.26. The molecule has 0 aliphatic carbocycles. The summed E-state index contributed by atoms with van der Waals surface area (Å²) in [5, 5.41) is 5.32. The number of nitrogens with one attached hydrogen (secondary N) is 2. The molecule has 2 aliphatic heterocycles. The number of nitrogens with zero attached hydrogens (tertiary/aromatic N) is 4. The second kappa shape index (κ2) is 11.6. The lowest BCUT2D eigenvalue weighted by Crippen LogP contribution is -2.32. The monoisotopic (exact) mass is 579 g/mol. The molecule has 14 heteroatoms. The predicted molar refractivity (Wildman–Crippen MR) is 145 cm³/mol. The van der Waals surface area contributed by atoms with Crippen molar-refractivity contribution in [2.45, 2.75) is 43.9 Å². The summed E-state index contributed by atoms with van der Waals surface area (Å²) in [7, 11) is -4.23. The number of anilines is 1. The fourth-order valence-electron chi connectivity index (χ4n) is 4.94. The number of carbonyl (C=O) groups is 1. The van der Waals surface area contributed by atoms with Crippen molar-refractivity contribution in [1.82, 2.24) is 24.8 Å². The summed E-state index contributed by atoms with van der Waals surface area (Å²) in [6.07, 6.45) is -0.945. The van der Waals surface area contributed by atoms with Crippen LogP contribution in [0.15, 0.2) is 73.3 Å². The van der Waals surface area contributed by atoms with Gasteiger partial charge in [-0.1, -0.05) is 60.7 Å². The zero-order chi connectivity index (χ0) is 28.4. The zero-order valence-corrected chi connectivity index (χ0v) is 22.9. The summed E-state index contributed by atoms with van der Waals surface area (Å²) in [5.74, 6) is 0.230. The predicted octanol–water partition coefficient (Wildman–Crippen LogP) is 3.12. The molecule has 0 bridgehead atoms. The molecule has 2 N–H and O–H groups in total. The molecule has 2 fully saturated rings. The van der Waals surface area contributed by atoms with E-state index in [0.717, 1.165) is 5.56 Å². The van der Waals surface area contributed by atoms with Gasteiger partial charge < -0.3 is 33.5 Å². The smallest absolute Gasteiger partial charge is 0.320 e. The summed E-state index contributed by atoms with van der Waals surface area (Å²) in [4.78, 5) is 37.8. The molecule has 2 unspecified atom stereocenters. The lowest BCUT2D eigenvalue weighted by Gasteiger charge is -2.26. The van der Waals surface area contributed by atoms with E-state index in [-0.39, 0.29) is 18.6 Å². The maximum Gasteiger partial charge on any atom is 0.320 e. The second-order valence-corrected chi connectivity index (χ2v) is 11.4. The van der Waals surface area contributed by atoms with Crippen LogP contribution in [0, 0.1) is 0 Å². The highest BCUT2D eigenvalue weighted by Gasteiger charge is 2.54. The first-order valence-corrected chi connectivity index (χ1v) is 14.9. The molecule has 4 aromatic rings. The molecule has 4 heterocycles. The van der Waals surface area contributed by atoms with Crippen LogP contribution >= 0.6 is 7.60 Å². The highest BCUT2D eigenvalue weighted by molar-refractivity contribution is 7.50. The van der Waals surface area contributed by atoms with E-state index >= 15 is 0 Å². The Morgan fingerprint density at radius 2 is 1.76 bits per heavy atom. The minimum atomic E-state index is -4.23. The fourth-order valence-corrected chi connectivity index (χ4v) is 6.07. The van der Waals surface area contributed by atoms with Gasteiger partial charge in [-0.3, -0.25) is 9.88 Å². The van der Waals surface area contributed by atoms with Gasteiger partial charge in [0.25, 0.3) is 0 Å². The highest BCUT2D eigenvalue weighted by Crippen LogP contribution is 2.47. The molecule has 2 aromatic heterocycles. The molecule has 6 rings (SSSR count). The van der Waals surface area contributed by atoms with Crippen LogP contribution in [-0.2, 0) is 29.5 Å². The Morgan fingerprint density at radius 3 is 2.51 bits per heavy atom. The van der Waals surface area contributed by atoms with E-state index in [0.29, 0.717) is 23.3 Å². The standard InChI is InChI=1S/C27H29N6O7P/c1-2-28-27(34)32-23-20-24(30-15-29-23)33(16-31-20)25-22-21(39-26(40-22)18-11-7-4-8-12-18)19(38-25)13-37-41(35,36)14-17-9-5-3-6-10-17/h3-12,15-16,19,21-22,25-26H,2,13-14H2,1H3,(H,35,36)(H2,28,29,30,32,34)/p-1/t19-,21?,22+,25-,26+/m1/s1. The van der Waals surface area contributed by atoms with Gasteiger partial charge in [-0.25, -0.2) is 19.7 Å². The Kier molecular flexibility index (Phi) is 7.80. The van der Waals surface area contributed by atoms with E-state index in [1.54, 1.807) is 35.8 Å². The number of hydrogen-bond acceptors (Lipinski definition) is 10. The van der Waals surface area contributed by atoms with Crippen molar-refractivity contribution in [3.8, 4) is 0 Å². The third kappa shape index (κ3) is 5.87. The number of aromatic nitrogens is 4. The topological polar surface area (TPSA) is 162 Å². The van der Waals surface area contributed by atoms with Crippen molar-refractivity contribution in [2.24, 2.45) is 0 Å². The van der Waals surface area contributed by atoms with E-state index in [1.165, 1.54) is 12.7 Å². The summed E-state index contributed by atoms with van der Waals surface area (Å²) in [5.41, 5.74) is 2.18. The van der Waals surface area contributed by atoms with E-state index in [1.807, 2.05) is 36.4 Å². The Hall–Kier alpha value is -3.71. The van der Waals surface area contributed by atoms with Crippen molar-refractivity contribution in [3.63, 3.8) is 0 Å². The Labute approximate surface area is 235 Å². The van der Waals surface area contributed by atoms with Gasteiger partial charge in [0.05, 0.1) is 12.9 Å². The van der Waals surface area contributed by atoms with Crippen molar-refractivity contribution >= 4 is 30.6 Å². The number of imidazole rings is 1. The van der Waals surface area contributed by atoms with Gasteiger partial charge in [0, 0.05) is 18.3 Å². The zero-order valence-electron chi connectivity index (χ0n) is 22.0. The van der Waals surface area contributed by atoms with Gasteiger partial charge in [0.1, 0.15) is 32.2 Å². The molecular formula is C27H28N6O7P-. The van der Waals surface area contributed by atoms with Gasteiger partial charge in [0.15, 0.2) is 29.5 Å². The molecule has 2 amide bonds. The number of carbonyl (C=O) groups excluding carboxylic acids is 1. The number of benzene rings is 2. The van der Waals surface area contributed by atoms with Crippen molar-refractivity contribution in [2.75, 3.05) is 18.5 Å². The Morgan fingerprint density at radius 1 is 1.02 bits per heavy atom. The first-order chi connectivity index (χ1) is 19.9. The van der Waals surface area contributed by atoms with E-state index in [9.17, 15) is 14.3 Å². The highest BCUT2D eigenvalue weighted by atomic mass is 31.2. The molecule has 2 saturated heterocycles. The average Bonchev–Trinajstić information content (AvgIpc) is 3.67. The second-order valence-electron chi connectivity index (χ2n) is 9.59. The minimum Gasteiger partial charge on any atom is -0.778 e. The molecule has 13 nitrogen and oxygen atoms in total. The molecule has 0 saturated carbocycles. The van der Waals surface area contributed by atoms with Crippen molar-refractivity contribution < 1.29 is 33.0 Å². The maximum atomic E-state index is 12.8. The number of fused-ring (bicyclic) bond motifs is 2. The van der Waals surface area contributed by atoms with Gasteiger partial charge in [-0.05, 0) is 12.5 Å². The van der Waals surface area contributed by atoms with Crippen LogP contribution in [0.3, 0.4) is 0 Å². The lowest BCUT2D eigenvalue weighted by molar-refractivity contribution is -0.204. The number of amides is 2. The average molecular weight is 580 g/mol. The molecule has 2 aromatic carbocycles. The van der Waals surface area contributed by atoms with Crippen LogP contribution in [0.5, 0.6) is 0 Å². The maximum absolute atomic E-state index is 12.8. The van der Waals surface area contributed by atoms with Gasteiger partial charge in [0.2, 0.25) is 0 Å². The molecule has 6 atom stereocenters. The third-order valence-corrected chi connectivity index (χ3v) is 8.07. The number of ether oxygens (including phenoxy) is 3. The summed E-state index contributed by atoms with van der Waals surface area (Å²) in [6.45, 7) is 1.98. The summed E-state index contributed by atoms with van der Waals surface area (Å²) in [6, 6.07) is 17.8. The SMILES string of the molecule is CCNC(=O)Nc1ncnc2c1ncn2[C@@H]1O[C@H](COP(=O)([O-])Cc2ccccc2)C2O[C@H](c3ccccc3)O[C@@H]21. The normalized spacial score (nSPS) is 25.1. The molecule has 214 valence electrons. The first-order valence-electron chi connectivity index (χ1n) is 13.1. The number of rotatable bonds is 9. The minimum absolute atomic E-state index is 0.230. The summed E-state index contributed by atoms with van der Waals surface area (Å²) >= 11 is 0.